The number of rotatable bonds is 0. The molecule has 2 radical (unpaired) electrons. The van der Waals surface area contributed by atoms with Crippen molar-refractivity contribution in [1.29, 1.82) is 0 Å². The topological polar surface area (TPSA) is 0 Å². The van der Waals surface area contributed by atoms with Crippen molar-refractivity contribution in [2.75, 3.05) is 0 Å². The molecule has 0 aromatic rings. The molecule has 0 N–H and O–H groups in total. The molecule has 60 valence electrons. The third kappa shape index (κ3) is 1300. The Labute approximate surface area is 55.7 Å². The van der Waals surface area contributed by atoms with Crippen LogP contribution in [0.5, 0.6) is 0 Å². The van der Waals surface area contributed by atoms with Crippen LogP contribution >= 0.6 is 7.81 Å². The monoisotopic (exact) mass is 240 g/mol. The molecule has 9 heavy (non-hydrogen) atoms. The van der Waals surface area contributed by atoms with Crippen LogP contribution in [0.3, 0.4) is 0 Å². The molecular formula is CH3F6PSe. The van der Waals surface area contributed by atoms with Crippen molar-refractivity contribution >= 4 is 23.8 Å². The summed E-state index contributed by atoms with van der Waals surface area (Å²) in [5, 5.41) is 0. The third-order valence-electron chi connectivity index (χ3n) is 0. The predicted octanol–water partition coefficient (Wildman–Crippen LogP) is 3.59. The first kappa shape index (κ1) is 12.2. The molecule has 0 saturated heterocycles. The summed E-state index contributed by atoms with van der Waals surface area (Å²) < 4.78 is 59.2. The van der Waals surface area contributed by atoms with Crippen LogP contribution in [0.2, 0.25) is 5.82 Å². The van der Waals surface area contributed by atoms with E-state index in [9.17, 15) is 25.2 Å². The fourth-order valence-electron chi connectivity index (χ4n) is 0. The van der Waals surface area contributed by atoms with Crippen LogP contribution in [0.4, 0.5) is 25.2 Å². The number of hydrogen-bond donors (Lipinski definition) is 0. The summed E-state index contributed by atoms with van der Waals surface area (Å²) in [7, 11) is -10.7. The van der Waals surface area contributed by atoms with Crippen LogP contribution < -0.4 is 0 Å². The van der Waals surface area contributed by atoms with Gasteiger partial charge in [-0.1, -0.05) is 0 Å². The zero-order valence-electron chi connectivity index (χ0n) is 4.12. The minimum absolute atomic E-state index is 1.88. The molecule has 0 aliphatic heterocycles. The molecule has 0 saturated carbocycles. The predicted molar refractivity (Wildman–Crippen MR) is 25.2 cm³/mol. The molecule has 0 rings (SSSR count). The zero-order chi connectivity index (χ0) is 8.41. The summed E-state index contributed by atoms with van der Waals surface area (Å²) >= 11 is 2.62. The summed E-state index contributed by atoms with van der Waals surface area (Å²) in [5.74, 6) is 1.88. The Balaban J connectivity index is 0. The second kappa shape index (κ2) is 2.01. The quantitative estimate of drug-likeness (QED) is 0.344. The van der Waals surface area contributed by atoms with Gasteiger partial charge in [0.15, 0.2) is 0 Å². The first-order valence-corrected chi connectivity index (χ1v) is 5.16. The normalized spacial score (nSPS) is 18.7. The van der Waals surface area contributed by atoms with Gasteiger partial charge in [-0.2, -0.15) is 0 Å². The van der Waals surface area contributed by atoms with Gasteiger partial charge in [0.2, 0.25) is 0 Å². The maximum absolute atomic E-state index is 10.7. The van der Waals surface area contributed by atoms with Crippen LogP contribution in [0.1, 0.15) is 0 Å². The van der Waals surface area contributed by atoms with Gasteiger partial charge in [0.1, 0.15) is 0 Å². The first-order valence-electron chi connectivity index (χ1n) is 1.42. The van der Waals surface area contributed by atoms with E-state index in [0.717, 1.165) is 0 Å². The first-order chi connectivity index (χ1) is 3.45. The average Bonchev–Trinajstić information content (AvgIpc) is 1.30. The Bertz CT molecular complexity index is 71.6. The fourth-order valence-corrected chi connectivity index (χ4v) is 0. The Morgan fingerprint density at radius 1 is 0.778 bits per heavy atom. The van der Waals surface area contributed by atoms with Crippen LogP contribution in [0.25, 0.3) is 0 Å². The van der Waals surface area contributed by atoms with E-state index in [0.29, 0.717) is 0 Å². The van der Waals surface area contributed by atoms with Gasteiger partial charge in [-0.05, 0) is 0 Å². The van der Waals surface area contributed by atoms with Gasteiger partial charge >= 0.3 is 54.8 Å². The summed E-state index contributed by atoms with van der Waals surface area (Å²) in [6.45, 7) is 0. The van der Waals surface area contributed by atoms with E-state index in [2.05, 4.69) is 16.0 Å². The SMILES string of the molecule is C[Se+].F[P-](F)(F)(F)(F)F. The summed E-state index contributed by atoms with van der Waals surface area (Å²) in [4.78, 5) is 0. The number of hydrogen-bond acceptors (Lipinski definition) is 0. The van der Waals surface area contributed by atoms with E-state index in [1.165, 1.54) is 0 Å². The van der Waals surface area contributed by atoms with E-state index >= 15 is 0 Å². The van der Waals surface area contributed by atoms with Gasteiger partial charge in [-0.3, -0.25) is 0 Å². The van der Waals surface area contributed by atoms with E-state index in [-0.39, 0.29) is 0 Å². The Hall–Kier alpha value is 0.529. The molecule has 0 spiro atoms. The van der Waals surface area contributed by atoms with Crippen molar-refractivity contribution in [3.05, 3.63) is 0 Å². The molecule has 0 bridgehead atoms. The molecule has 0 aromatic heterocycles. The summed E-state index contributed by atoms with van der Waals surface area (Å²) in [5.41, 5.74) is 0. The Morgan fingerprint density at radius 3 is 0.778 bits per heavy atom. The van der Waals surface area contributed by atoms with Crippen LogP contribution in [0, 0.1) is 0 Å². The van der Waals surface area contributed by atoms with E-state index in [1.807, 2.05) is 5.82 Å². The molecule has 0 fully saturated rings. The van der Waals surface area contributed by atoms with Gasteiger partial charge in [0.25, 0.3) is 0 Å². The van der Waals surface area contributed by atoms with Crippen LogP contribution in [-0.2, 0) is 0 Å². The van der Waals surface area contributed by atoms with Gasteiger partial charge < -0.3 is 0 Å². The van der Waals surface area contributed by atoms with Crippen molar-refractivity contribution in [3.8, 4) is 0 Å². The van der Waals surface area contributed by atoms with E-state index in [1.54, 1.807) is 0 Å². The average molecular weight is 239 g/mol. The van der Waals surface area contributed by atoms with Crippen LogP contribution in [0.15, 0.2) is 0 Å². The molecule has 0 aliphatic rings. The minimum atomic E-state index is -10.7. The van der Waals surface area contributed by atoms with Crippen molar-refractivity contribution < 1.29 is 25.2 Å². The van der Waals surface area contributed by atoms with Crippen LogP contribution in [-0.4, -0.2) is 16.0 Å². The molecule has 0 nitrogen and oxygen atoms in total. The third-order valence-corrected chi connectivity index (χ3v) is 0. The molecule has 0 unspecified atom stereocenters. The molecule has 0 atom stereocenters. The second-order valence-electron chi connectivity index (χ2n) is 0.958. The molecule has 0 heterocycles. The second-order valence-corrected chi connectivity index (χ2v) is 2.87. The van der Waals surface area contributed by atoms with Gasteiger partial charge in [0.05, 0.1) is 0 Å². The molecule has 0 aliphatic carbocycles. The standard InChI is InChI=1S/CH3Se.F6P/c1-2;1-7(2,3,4,5)6/h1H3;/q+1;-1. The molecule has 8 heteroatoms. The van der Waals surface area contributed by atoms with Gasteiger partial charge in [-0.15, -0.1) is 0 Å². The fraction of sp³-hybridized carbons (Fsp3) is 1.00. The summed E-state index contributed by atoms with van der Waals surface area (Å²) in [6.07, 6.45) is 0. The van der Waals surface area contributed by atoms with Crippen molar-refractivity contribution in [3.63, 3.8) is 0 Å². The summed E-state index contributed by atoms with van der Waals surface area (Å²) in [6, 6.07) is 0. The van der Waals surface area contributed by atoms with E-state index in [4.69, 9.17) is 0 Å². The Morgan fingerprint density at radius 2 is 0.778 bits per heavy atom. The van der Waals surface area contributed by atoms with Crippen molar-refractivity contribution in [2.45, 2.75) is 5.82 Å². The maximum atomic E-state index is 9.87. The zero-order valence-corrected chi connectivity index (χ0v) is 6.73. The van der Waals surface area contributed by atoms with Gasteiger partial charge in [0, 0.05) is 0 Å². The number of halogens is 6. The molecule has 0 amide bonds. The molecular weight excluding hydrogens is 236 g/mol. The van der Waals surface area contributed by atoms with Crippen molar-refractivity contribution in [1.82, 2.24) is 0 Å². The van der Waals surface area contributed by atoms with E-state index < -0.39 is 7.81 Å². The van der Waals surface area contributed by atoms with Gasteiger partial charge in [-0.25, -0.2) is 0 Å². The molecule has 0 aromatic carbocycles. The van der Waals surface area contributed by atoms with Crippen molar-refractivity contribution in [2.24, 2.45) is 0 Å². The Kier molecular flexibility index (Phi) is 2.72.